The van der Waals surface area contributed by atoms with Crippen LogP contribution in [0.4, 0.5) is 0 Å². The molecule has 0 aromatic carbocycles. The van der Waals surface area contributed by atoms with Gasteiger partial charge in [-0.25, -0.2) is 0 Å². The third-order valence-electron chi connectivity index (χ3n) is 7.82. The molecule has 3 heterocycles. The van der Waals surface area contributed by atoms with Crippen molar-refractivity contribution in [3.05, 3.63) is 25.3 Å². The number of nitrogens with zero attached hydrogens (tertiary/aromatic N) is 2. The van der Waals surface area contributed by atoms with Crippen molar-refractivity contribution in [2.75, 3.05) is 32.8 Å². The zero-order valence-electron chi connectivity index (χ0n) is 22.7. The number of β-amino-alcohol motifs (C(OH)–C–C–N with tert-alkyl or cyclic N) is 1. The Labute approximate surface area is 225 Å². The van der Waals surface area contributed by atoms with E-state index >= 15 is 0 Å². The molecule has 2 bridgehead atoms. The van der Waals surface area contributed by atoms with Crippen LogP contribution in [0.3, 0.4) is 0 Å². The second kappa shape index (κ2) is 13.4. The van der Waals surface area contributed by atoms with Crippen molar-refractivity contribution in [1.82, 2.24) is 15.1 Å². The van der Waals surface area contributed by atoms with Crippen molar-refractivity contribution in [2.24, 2.45) is 11.8 Å². The van der Waals surface area contributed by atoms with Crippen LogP contribution in [0.1, 0.15) is 58.8 Å². The van der Waals surface area contributed by atoms with Gasteiger partial charge in [0.1, 0.15) is 17.7 Å². The molecule has 0 aliphatic carbocycles. The van der Waals surface area contributed by atoms with Gasteiger partial charge in [-0.2, -0.15) is 0 Å². The standard InChI is InChI=1S/C28H43N3O7/c1-5-8-10-15-30(14-7-3)26(35)24-28-13-12-20(38-28)22(23(28)25(34)31(24)16-17-32)27(36)37-19(4)18-29-21(33)11-9-6-2/h6-7,19-20,22-24,32H,2-3,5,8-18H2,1,4H3,(H,29,33)/t19-,20+,22-,23-,24+,28-/m0/s1. The number of hydrogen-bond donors (Lipinski definition) is 2. The topological polar surface area (TPSA) is 125 Å². The summed E-state index contributed by atoms with van der Waals surface area (Å²) in [5, 5.41) is 12.5. The molecule has 0 unspecified atom stereocenters. The lowest BCUT2D eigenvalue weighted by Gasteiger charge is -2.36. The average Bonchev–Trinajstić information content (AvgIpc) is 3.53. The number of aliphatic hydroxyl groups is 1. The first-order valence-electron chi connectivity index (χ1n) is 13.8. The number of esters is 1. The predicted molar refractivity (Wildman–Crippen MR) is 141 cm³/mol. The second-order valence-electron chi connectivity index (χ2n) is 10.5. The fourth-order valence-corrected chi connectivity index (χ4v) is 6.12. The highest BCUT2D eigenvalue weighted by molar-refractivity contribution is 5.98. The molecule has 3 aliphatic rings. The van der Waals surface area contributed by atoms with Crippen molar-refractivity contribution in [1.29, 1.82) is 0 Å². The Hall–Kier alpha value is -2.72. The number of carbonyl (C=O) groups excluding carboxylic acids is 4. The Morgan fingerprint density at radius 1 is 1.32 bits per heavy atom. The number of carbonyl (C=O) groups is 4. The maximum absolute atomic E-state index is 13.9. The van der Waals surface area contributed by atoms with Crippen LogP contribution in [-0.4, -0.2) is 95.2 Å². The molecule has 10 nitrogen and oxygen atoms in total. The molecule has 212 valence electrons. The van der Waals surface area contributed by atoms with E-state index in [1.54, 1.807) is 24.0 Å². The Morgan fingerprint density at radius 3 is 2.74 bits per heavy atom. The number of aliphatic hydroxyl groups excluding tert-OH is 1. The third kappa shape index (κ3) is 5.96. The zero-order valence-corrected chi connectivity index (χ0v) is 22.7. The summed E-state index contributed by atoms with van der Waals surface area (Å²) < 4.78 is 12.0. The van der Waals surface area contributed by atoms with Gasteiger partial charge in [0.05, 0.1) is 31.1 Å². The number of likely N-dealkylation sites (tertiary alicyclic amines) is 1. The van der Waals surface area contributed by atoms with Crippen LogP contribution in [0.25, 0.3) is 0 Å². The van der Waals surface area contributed by atoms with Crippen LogP contribution in [-0.2, 0) is 28.7 Å². The third-order valence-corrected chi connectivity index (χ3v) is 7.82. The maximum atomic E-state index is 13.9. The van der Waals surface area contributed by atoms with Crippen molar-refractivity contribution in [2.45, 2.75) is 82.6 Å². The highest BCUT2D eigenvalue weighted by atomic mass is 16.6. The first-order valence-corrected chi connectivity index (χ1v) is 13.8. The van der Waals surface area contributed by atoms with E-state index in [4.69, 9.17) is 9.47 Å². The number of unbranched alkanes of at least 4 members (excludes halogenated alkanes) is 2. The largest absolute Gasteiger partial charge is 0.460 e. The van der Waals surface area contributed by atoms with Gasteiger partial charge >= 0.3 is 5.97 Å². The van der Waals surface area contributed by atoms with E-state index < -0.39 is 41.7 Å². The molecule has 6 atom stereocenters. The minimum absolute atomic E-state index is 0.0205. The molecule has 3 aliphatic heterocycles. The second-order valence-corrected chi connectivity index (χ2v) is 10.5. The van der Waals surface area contributed by atoms with Crippen molar-refractivity contribution < 1.29 is 33.8 Å². The van der Waals surface area contributed by atoms with Gasteiger partial charge < -0.3 is 29.7 Å². The molecule has 2 N–H and O–H groups in total. The van der Waals surface area contributed by atoms with E-state index in [2.05, 4.69) is 25.4 Å². The highest BCUT2D eigenvalue weighted by Crippen LogP contribution is 2.58. The van der Waals surface area contributed by atoms with Gasteiger partial charge in [-0.15, -0.1) is 13.2 Å². The van der Waals surface area contributed by atoms with Gasteiger partial charge in [0, 0.05) is 26.1 Å². The highest BCUT2D eigenvalue weighted by Gasteiger charge is 2.75. The van der Waals surface area contributed by atoms with Crippen molar-refractivity contribution >= 4 is 23.7 Å². The summed E-state index contributed by atoms with van der Waals surface area (Å²) in [6.07, 6.45) is 6.87. The molecule has 3 fully saturated rings. The molecule has 0 saturated carbocycles. The summed E-state index contributed by atoms with van der Waals surface area (Å²) in [5.41, 5.74) is -1.13. The lowest BCUT2D eigenvalue weighted by Crippen LogP contribution is -2.56. The van der Waals surface area contributed by atoms with Gasteiger partial charge in [0.2, 0.25) is 17.7 Å². The van der Waals surface area contributed by atoms with E-state index in [0.29, 0.717) is 38.8 Å². The minimum atomic E-state index is -1.13. The molecule has 38 heavy (non-hydrogen) atoms. The molecular weight excluding hydrogens is 490 g/mol. The van der Waals surface area contributed by atoms with Crippen LogP contribution in [0.2, 0.25) is 0 Å². The number of nitrogens with one attached hydrogen (secondary N) is 1. The Morgan fingerprint density at radius 2 is 2.08 bits per heavy atom. The predicted octanol–water partition coefficient (Wildman–Crippen LogP) is 1.57. The SMILES string of the molecule is C=CCCC(=O)NC[C@H](C)OC(=O)[C@@H]1[C@H]2C(=O)N(CCO)[C@H](C(=O)N(CC=C)CCCCC)[C@]23CC[C@H]1O3. The van der Waals surface area contributed by atoms with Gasteiger partial charge in [0.15, 0.2) is 0 Å². The summed E-state index contributed by atoms with van der Waals surface area (Å²) in [6, 6.07) is -0.918. The molecule has 3 saturated heterocycles. The summed E-state index contributed by atoms with van der Waals surface area (Å²) in [4.78, 5) is 56.0. The Balaban J connectivity index is 1.78. The van der Waals surface area contributed by atoms with Crippen molar-refractivity contribution in [3.63, 3.8) is 0 Å². The van der Waals surface area contributed by atoms with Gasteiger partial charge in [0.25, 0.3) is 0 Å². The van der Waals surface area contributed by atoms with Crippen molar-refractivity contribution in [3.8, 4) is 0 Å². The average molecular weight is 534 g/mol. The van der Waals surface area contributed by atoms with Crippen LogP contribution in [0.5, 0.6) is 0 Å². The Kier molecular flexibility index (Phi) is 10.5. The minimum Gasteiger partial charge on any atom is -0.460 e. The summed E-state index contributed by atoms with van der Waals surface area (Å²) in [5.74, 6) is -3.03. The Bertz CT molecular complexity index is 909. The number of fused-ring (bicyclic) bond motifs is 1. The van der Waals surface area contributed by atoms with E-state index in [0.717, 1.165) is 19.3 Å². The fourth-order valence-electron chi connectivity index (χ4n) is 6.12. The van der Waals surface area contributed by atoms with Crippen LogP contribution >= 0.6 is 0 Å². The normalized spacial score (nSPS) is 28.1. The fraction of sp³-hybridized carbons (Fsp3) is 0.714. The van der Waals surface area contributed by atoms with E-state index in [-0.39, 0.29) is 37.4 Å². The smallest absolute Gasteiger partial charge is 0.312 e. The first kappa shape index (κ1) is 29.8. The molecular formula is C28H43N3O7. The van der Waals surface area contributed by atoms with Gasteiger partial charge in [-0.3, -0.25) is 19.2 Å². The number of hydrogen-bond acceptors (Lipinski definition) is 7. The van der Waals surface area contributed by atoms with Gasteiger partial charge in [-0.05, 0) is 32.6 Å². The zero-order chi connectivity index (χ0) is 27.9. The molecule has 10 heteroatoms. The summed E-state index contributed by atoms with van der Waals surface area (Å²) in [6.45, 7) is 11.8. The van der Waals surface area contributed by atoms with E-state index in [1.807, 2.05) is 0 Å². The van der Waals surface area contributed by atoms with E-state index in [9.17, 15) is 24.3 Å². The number of rotatable bonds is 16. The number of ether oxygens (including phenoxy) is 2. The maximum Gasteiger partial charge on any atom is 0.312 e. The monoisotopic (exact) mass is 533 g/mol. The van der Waals surface area contributed by atoms with Crippen LogP contribution < -0.4 is 5.32 Å². The van der Waals surface area contributed by atoms with Gasteiger partial charge in [-0.1, -0.05) is 31.9 Å². The number of allylic oxidation sites excluding steroid dienone is 1. The summed E-state index contributed by atoms with van der Waals surface area (Å²) in [7, 11) is 0. The molecule has 0 aromatic rings. The molecule has 3 rings (SSSR count). The first-order chi connectivity index (χ1) is 18.2. The van der Waals surface area contributed by atoms with E-state index in [1.165, 1.54) is 4.90 Å². The van der Waals surface area contributed by atoms with Crippen LogP contribution in [0.15, 0.2) is 25.3 Å². The lowest BCUT2D eigenvalue weighted by molar-refractivity contribution is -0.159. The molecule has 0 radical (unpaired) electrons. The molecule has 1 spiro atoms. The molecule has 3 amide bonds. The lowest BCUT2D eigenvalue weighted by atomic mass is 9.70. The quantitative estimate of drug-likeness (QED) is 0.175. The molecule has 0 aromatic heterocycles. The number of amides is 3. The summed E-state index contributed by atoms with van der Waals surface area (Å²) >= 11 is 0. The van der Waals surface area contributed by atoms with Crippen LogP contribution in [0, 0.1) is 11.8 Å².